The average Bonchev–Trinajstić information content (AvgIpc) is 3.08. The molecule has 0 radical (unpaired) electrons. The van der Waals surface area contributed by atoms with Gasteiger partial charge in [0.15, 0.2) is 0 Å². The van der Waals surface area contributed by atoms with Gasteiger partial charge in [-0.15, -0.1) is 11.8 Å². The van der Waals surface area contributed by atoms with Gasteiger partial charge in [-0.1, -0.05) is 45.9 Å². The minimum absolute atomic E-state index is 0.0219. The Morgan fingerprint density at radius 3 is 2.68 bits per heavy atom. The maximum absolute atomic E-state index is 12.7. The molecule has 2 aromatic carbocycles. The van der Waals surface area contributed by atoms with Crippen molar-refractivity contribution in [2.24, 2.45) is 11.3 Å². The Morgan fingerprint density at radius 2 is 1.97 bits per heavy atom. The Hall–Kier alpha value is -2.47. The lowest BCUT2D eigenvalue weighted by Crippen LogP contribution is -2.27. The number of thioether (sulfide) groups is 1. The predicted octanol–water partition coefficient (Wildman–Crippen LogP) is 5.87. The summed E-state index contributed by atoms with van der Waals surface area (Å²) < 4.78 is 5.32. The number of benzene rings is 2. The first-order valence-corrected chi connectivity index (χ1v) is 11.7. The summed E-state index contributed by atoms with van der Waals surface area (Å²) in [5.41, 5.74) is 2.76. The first-order valence-electron chi connectivity index (χ1n) is 10.6. The molecule has 1 aliphatic heterocycles. The second-order valence-corrected chi connectivity index (χ2v) is 10.4. The summed E-state index contributed by atoms with van der Waals surface area (Å²) in [7, 11) is 1.62. The summed E-state index contributed by atoms with van der Waals surface area (Å²) in [4.78, 5) is 27.0. The fourth-order valence-corrected chi connectivity index (χ4v) is 5.29. The summed E-state index contributed by atoms with van der Waals surface area (Å²) >= 11 is 1.59. The summed E-state index contributed by atoms with van der Waals surface area (Å²) in [6.45, 7) is 8.70. The van der Waals surface area contributed by atoms with E-state index in [4.69, 9.17) is 4.74 Å². The van der Waals surface area contributed by atoms with Gasteiger partial charge < -0.3 is 10.1 Å². The quantitative estimate of drug-likeness (QED) is 0.584. The monoisotopic (exact) mass is 440 g/mol. The minimum atomic E-state index is -0.142. The van der Waals surface area contributed by atoms with E-state index in [2.05, 4.69) is 33.0 Å². The number of ether oxygens (including phenoxy) is 1. The van der Waals surface area contributed by atoms with Crippen LogP contribution in [0.2, 0.25) is 0 Å². The van der Waals surface area contributed by atoms with Crippen LogP contribution in [0.5, 0.6) is 5.75 Å². The number of amides is 2. The molecule has 1 heterocycles. The fourth-order valence-electron chi connectivity index (χ4n) is 4.13. The first kappa shape index (κ1) is 23.2. The highest BCUT2D eigenvalue weighted by atomic mass is 32.2. The van der Waals surface area contributed by atoms with Crippen molar-refractivity contribution < 1.29 is 14.3 Å². The van der Waals surface area contributed by atoms with Crippen LogP contribution < -0.4 is 15.0 Å². The second kappa shape index (κ2) is 9.77. The number of hydrogen-bond donors (Lipinski definition) is 1. The minimum Gasteiger partial charge on any atom is -0.497 e. The molecule has 31 heavy (non-hydrogen) atoms. The van der Waals surface area contributed by atoms with Crippen LogP contribution >= 0.6 is 11.8 Å². The van der Waals surface area contributed by atoms with E-state index in [-0.39, 0.29) is 22.6 Å². The number of nitrogens with zero attached hydrogens (tertiary/aromatic N) is 1. The van der Waals surface area contributed by atoms with Crippen molar-refractivity contribution >= 4 is 35.0 Å². The third-order valence-corrected chi connectivity index (χ3v) is 6.36. The smallest absolute Gasteiger partial charge is 0.238 e. The zero-order valence-corrected chi connectivity index (χ0v) is 19.8. The van der Waals surface area contributed by atoms with Crippen molar-refractivity contribution in [3.05, 3.63) is 54.1 Å². The molecule has 1 saturated heterocycles. The van der Waals surface area contributed by atoms with Gasteiger partial charge >= 0.3 is 0 Å². The van der Waals surface area contributed by atoms with Crippen molar-refractivity contribution in [1.82, 2.24) is 0 Å². The predicted molar refractivity (Wildman–Crippen MR) is 129 cm³/mol. The highest BCUT2D eigenvalue weighted by Gasteiger charge is 2.34. The number of carbonyl (C=O) groups is 2. The van der Waals surface area contributed by atoms with Crippen LogP contribution in [0.1, 0.15) is 51.5 Å². The van der Waals surface area contributed by atoms with E-state index in [9.17, 15) is 9.59 Å². The lowest BCUT2D eigenvalue weighted by molar-refractivity contribution is -0.117. The molecule has 6 heteroatoms. The standard InChI is InChI=1S/C25H32N2O3S/c1-17(15-25(2,3)4)12-22(28)26-19-9-6-8-18(13-19)24-27(23(29)16-31-24)20-10-7-11-21(14-20)30-5/h6-11,13-14,17,24H,12,15-16H2,1-5H3,(H,26,28)/t17-,24+/m1/s1. The molecule has 0 bridgehead atoms. The molecular weight excluding hydrogens is 408 g/mol. The molecule has 1 N–H and O–H groups in total. The lowest BCUT2D eigenvalue weighted by atomic mass is 9.84. The molecule has 2 aromatic rings. The topological polar surface area (TPSA) is 58.6 Å². The van der Waals surface area contributed by atoms with Crippen LogP contribution in [0.4, 0.5) is 11.4 Å². The zero-order valence-electron chi connectivity index (χ0n) is 19.0. The number of anilines is 2. The maximum atomic E-state index is 12.7. The van der Waals surface area contributed by atoms with Gasteiger partial charge in [0.05, 0.1) is 12.9 Å². The fraction of sp³-hybridized carbons (Fsp3) is 0.440. The van der Waals surface area contributed by atoms with Gasteiger partial charge in [0.1, 0.15) is 11.1 Å². The molecular formula is C25H32N2O3S. The van der Waals surface area contributed by atoms with Crippen molar-refractivity contribution in [2.45, 2.75) is 45.9 Å². The molecule has 0 aliphatic carbocycles. The van der Waals surface area contributed by atoms with Crippen molar-refractivity contribution in [1.29, 1.82) is 0 Å². The molecule has 1 aliphatic rings. The van der Waals surface area contributed by atoms with Crippen LogP contribution in [-0.4, -0.2) is 24.7 Å². The van der Waals surface area contributed by atoms with E-state index in [1.54, 1.807) is 23.8 Å². The summed E-state index contributed by atoms with van der Waals surface area (Å²) in [5, 5.41) is 2.89. The van der Waals surface area contributed by atoms with Gasteiger partial charge in [0.2, 0.25) is 11.8 Å². The van der Waals surface area contributed by atoms with Gasteiger partial charge in [0, 0.05) is 23.9 Å². The van der Waals surface area contributed by atoms with Gasteiger partial charge in [-0.3, -0.25) is 14.5 Å². The first-order chi connectivity index (χ1) is 14.7. The Bertz CT molecular complexity index is 938. The molecule has 0 spiro atoms. The molecule has 166 valence electrons. The Morgan fingerprint density at radius 1 is 1.23 bits per heavy atom. The van der Waals surface area contributed by atoms with Crippen LogP contribution in [0.3, 0.4) is 0 Å². The second-order valence-electron chi connectivity index (χ2n) is 9.38. The summed E-state index contributed by atoms with van der Waals surface area (Å²) in [6, 6.07) is 15.3. The number of carbonyl (C=O) groups excluding carboxylic acids is 2. The third kappa shape index (κ3) is 6.26. The third-order valence-electron chi connectivity index (χ3n) is 5.15. The highest BCUT2D eigenvalue weighted by molar-refractivity contribution is 8.00. The van der Waals surface area contributed by atoms with E-state index in [0.29, 0.717) is 23.8 Å². The van der Waals surface area contributed by atoms with E-state index in [1.807, 2.05) is 48.5 Å². The van der Waals surface area contributed by atoms with Crippen LogP contribution in [0, 0.1) is 11.3 Å². The zero-order chi connectivity index (χ0) is 22.6. The van der Waals surface area contributed by atoms with Gasteiger partial charge in [-0.25, -0.2) is 0 Å². The SMILES string of the molecule is COc1cccc(N2C(=O)CS[C@H]2c2cccc(NC(=O)C[C@@H](C)CC(C)(C)C)c2)c1. The van der Waals surface area contributed by atoms with E-state index in [0.717, 1.165) is 23.4 Å². The van der Waals surface area contributed by atoms with Crippen LogP contribution in [-0.2, 0) is 9.59 Å². The molecule has 3 rings (SSSR count). The summed E-state index contributed by atoms with van der Waals surface area (Å²) in [6.07, 6.45) is 1.49. The Kier molecular flexibility index (Phi) is 7.31. The number of methoxy groups -OCH3 is 1. The van der Waals surface area contributed by atoms with Gasteiger partial charge in [0.25, 0.3) is 0 Å². The number of rotatable bonds is 7. The Labute approximate surface area is 189 Å². The van der Waals surface area contributed by atoms with E-state index in [1.165, 1.54) is 0 Å². The molecule has 0 aromatic heterocycles. The maximum Gasteiger partial charge on any atom is 0.238 e. The number of hydrogen-bond acceptors (Lipinski definition) is 4. The van der Waals surface area contributed by atoms with Crippen molar-refractivity contribution in [2.75, 3.05) is 23.1 Å². The van der Waals surface area contributed by atoms with Gasteiger partial charge in [-0.05, 0) is 47.6 Å². The Balaban J connectivity index is 1.74. The molecule has 2 atom stereocenters. The largest absolute Gasteiger partial charge is 0.497 e. The molecule has 0 unspecified atom stereocenters. The lowest BCUT2D eigenvalue weighted by Gasteiger charge is -2.25. The molecule has 5 nitrogen and oxygen atoms in total. The summed E-state index contributed by atoms with van der Waals surface area (Å²) in [5.74, 6) is 1.53. The number of nitrogens with one attached hydrogen (secondary N) is 1. The highest BCUT2D eigenvalue weighted by Crippen LogP contribution is 2.43. The molecule has 1 fully saturated rings. The van der Waals surface area contributed by atoms with Gasteiger partial charge in [-0.2, -0.15) is 0 Å². The van der Waals surface area contributed by atoms with E-state index >= 15 is 0 Å². The van der Waals surface area contributed by atoms with Crippen molar-refractivity contribution in [3.8, 4) is 5.75 Å². The van der Waals surface area contributed by atoms with Crippen LogP contribution in [0.25, 0.3) is 0 Å². The van der Waals surface area contributed by atoms with Crippen LogP contribution in [0.15, 0.2) is 48.5 Å². The van der Waals surface area contributed by atoms with Crippen molar-refractivity contribution in [3.63, 3.8) is 0 Å². The molecule has 0 saturated carbocycles. The average molecular weight is 441 g/mol. The molecule has 2 amide bonds. The van der Waals surface area contributed by atoms with E-state index < -0.39 is 0 Å². The normalized spacial score (nSPS) is 17.5.